The van der Waals surface area contributed by atoms with Crippen molar-refractivity contribution in [3.8, 4) is 5.75 Å². The summed E-state index contributed by atoms with van der Waals surface area (Å²) in [7, 11) is 0. The summed E-state index contributed by atoms with van der Waals surface area (Å²) in [4.78, 5) is 1.34. The van der Waals surface area contributed by atoms with Crippen molar-refractivity contribution in [3.05, 3.63) is 23.3 Å². The zero-order valence-electron chi connectivity index (χ0n) is 19.8. The summed E-state index contributed by atoms with van der Waals surface area (Å²) in [5.41, 5.74) is 2.65. The van der Waals surface area contributed by atoms with E-state index < -0.39 is 0 Å². The number of aromatic hydroxyl groups is 1. The number of phenols is 1. The van der Waals surface area contributed by atoms with E-state index in [-0.39, 0.29) is 4.75 Å². The van der Waals surface area contributed by atoms with Crippen molar-refractivity contribution in [1.82, 2.24) is 0 Å². The van der Waals surface area contributed by atoms with Gasteiger partial charge in [-0.05, 0) is 60.8 Å². The highest BCUT2D eigenvalue weighted by Crippen LogP contribution is 2.43. The summed E-state index contributed by atoms with van der Waals surface area (Å²) in [6.07, 6.45) is 13.1. The molecule has 0 saturated heterocycles. The van der Waals surface area contributed by atoms with Crippen molar-refractivity contribution in [3.63, 3.8) is 0 Å². The van der Waals surface area contributed by atoms with Gasteiger partial charge in [-0.25, -0.2) is 0 Å². The van der Waals surface area contributed by atoms with E-state index in [1.807, 2.05) is 11.8 Å². The van der Waals surface area contributed by atoms with Crippen LogP contribution in [0.4, 0.5) is 0 Å². The smallest absolute Gasteiger partial charge is 0.122 e. The van der Waals surface area contributed by atoms with Crippen LogP contribution in [0.1, 0.15) is 117 Å². The SMILES string of the molecule is CCCCCCc1cc(SC(C)(C)CC(C)(C)C)cc(CCCCCC)c1O. The first-order chi connectivity index (χ1) is 13.1. The highest BCUT2D eigenvalue weighted by Gasteiger charge is 2.27. The molecule has 0 aliphatic heterocycles. The van der Waals surface area contributed by atoms with Gasteiger partial charge in [-0.3, -0.25) is 0 Å². The topological polar surface area (TPSA) is 20.2 Å². The lowest BCUT2D eigenvalue weighted by Crippen LogP contribution is -2.23. The molecule has 1 rings (SSSR count). The van der Waals surface area contributed by atoms with Crippen LogP contribution in [0.15, 0.2) is 17.0 Å². The normalized spacial score (nSPS) is 12.5. The van der Waals surface area contributed by atoms with E-state index >= 15 is 0 Å². The number of aryl methyl sites for hydroxylation is 2. The number of unbranched alkanes of at least 4 members (excludes halogenated alkanes) is 6. The van der Waals surface area contributed by atoms with Gasteiger partial charge in [0.2, 0.25) is 0 Å². The fourth-order valence-corrected chi connectivity index (χ4v) is 5.83. The summed E-state index contributed by atoms with van der Waals surface area (Å²) >= 11 is 1.99. The van der Waals surface area contributed by atoms with Gasteiger partial charge in [0.1, 0.15) is 5.75 Å². The van der Waals surface area contributed by atoms with Crippen LogP contribution in [0, 0.1) is 5.41 Å². The zero-order valence-corrected chi connectivity index (χ0v) is 20.6. The molecule has 0 aliphatic carbocycles. The van der Waals surface area contributed by atoms with E-state index in [1.54, 1.807) is 0 Å². The van der Waals surface area contributed by atoms with Crippen LogP contribution >= 0.6 is 11.8 Å². The molecule has 28 heavy (non-hydrogen) atoms. The average Bonchev–Trinajstić information content (AvgIpc) is 2.56. The predicted molar refractivity (Wildman–Crippen MR) is 128 cm³/mol. The van der Waals surface area contributed by atoms with Crippen LogP contribution in [0.25, 0.3) is 0 Å². The Labute approximate surface area is 180 Å². The van der Waals surface area contributed by atoms with Crippen LogP contribution < -0.4 is 0 Å². The highest BCUT2D eigenvalue weighted by atomic mass is 32.2. The van der Waals surface area contributed by atoms with Gasteiger partial charge >= 0.3 is 0 Å². The molecule has 0 amide bonds. The molecule has 0 unspecified atom stereocenters. The van der Waals surface area contributed by atoms with Crippen LogP contribution in [-0.4, -0.2) is 9.85 Å². The second kappa shape index (κ2) is 12.2. The van der Waals surface area contributed by atoms with Crippen molar-refractivity contribution in [2.24, 2.45) is 5.41 Å². The van der Waals surface area contributed by atoms with Gasteiger partial charge in [0.25, 0.3) is 0 Å². The van der Waals surface area contributed by atoms with Gasteiger partial charge in [-0.1, -0.05) is 87.0 Å². The molecule has 0 saturated carbocycles. The Hall–Kier alpha value is -0.630. The van der Waals surface area contributed by atoms with Gasteiger partial charge in [0.15, 0.2) is 0 Å². The van der Waals surface area contributed by atoms with Crippen molar-refractivity contribution < 1.29 is 5.11 Å². The molecule has 1 nitrogen and oxygen atoms in total. The first-order valence-electron chi connectivity index (χ1n) is 11.6. The van der Waals surface area contributed by atoms with Crippen molar-refractivity contribution >= 4 is 11.8 Å². The minimum Gasteiger partial charge on any atom is -0.507 e. The molecule has 2 heteroatoms. The molecule has 0 fully saturated rings. The van der Waals surface area contributed by atoms with E-state index in [0.29, 0.717) is 11.2 Å². The third-order valence-corrected chi connectivity index (χ3v) is 6.36. The largest absolute Gasteiger partial charge is 0.507 e. The van der Waals surface area contributed by atoms with Crippen LogP contribution in [-0.2, 0) is 12.8 Å². The fraction of sp³-hybridized carbons (Fsp3) is 0.769. The predicted octanol–water partition coefficient (Wildman–Crippen LogP) is 8.94. The van der Waals surface area contributed by atoms with Crippen molar-refractivity contribution in [2.75, 3.05) is 0 Å². The molecular formula is C26H46OS. The third kappa shape index (κ3) is 10.2. The Morgan fingerprint density at radius 3 is 1.61 bits per heavy atom. The minimum absolute atomic E-state index is 0.189. The van der Waals surface area contributed by atoms with Crippen molar-refractivity contribution in [1.29, 1.82) is 0 Å². The monoisotopic (exact) mass is 406 g/mol. The fourth-order valence-electron chi connectivity index (χ4n) is 4.28. The summed E-state index contributed by atoms with van der Waals surface area (Å²) in [6, 6.07) is 4.54. The molecule has 0 bridgehead atoms. The second-order valence-corrected chi connectivity index (χ2v) is 12.1. The average molecular weight is 407 g/mol. The quantitative estimate of drug-likeness (QED) is 0.260. The first kappa shape index (κ1) is 25.4. The molecule has 1 aromatic carbocycles. The van der Waals surface area contributed by atoms with E-state index in [4.69, 9.17) is 0 Å². The van der Waals surface area contributed by atoms with Gasteiger partial charge in [0.05, 0.1) is 0 Å². The Balaban J connectivity index is 2.99. The minimum atomic E-state index is 0.189. The van der Waals surface area contributed by atoms with Gasteiger partial charge in [0, 0.05) is 9.64 Å². The number of phenolic OH excluding ortho intramolecular Hbond substituents is 1. The Morgan fingerprint density at radius 1 is 0.750 bits per heavy atom. The Kier molecular flexibility index (Phi) is 11.0. The van der Waals surface area contributed by atoms with E-state index in [2.05, 4.69) is 60.6 Å². The molecule has 1 N–H and O–H groups in total. The van der Waals surface area contributed by atoms with Gasteiger partial charge < -0.3 is 5.11 Å². The summed E-state index contributed by atoms with van der Waals surface area (Å²) in [5, 5.41) is 10.9. The Bertz CT molecular complexity index is 535. The molecule has 0 atom stereocenters. The van der Waals surface area contributed by atoms with E-state index in [0.717, 1.165) is 24.0 Å². The van der Waals surface area contributed by atoms with Crippen molar-refractivity contribution in [2.45, 2.75) is 129 Å². The zero-order chi connectivity index (χ0) is 21.2. The maximum atomic E-state index is 10.9. The molecule has 0 heterocycles. The van der Waals surface area contributed by atoms with E-state index in [1.165, 1.54) is 62.7 Å². The lowest BCUT2D eigenvalue weighted by atomic mass is 9.86. The Morgan fingerprint density at radius 2 is 1.21 bits per heavy atom. The van der Waals surface area contributed by atoms with Crippen LogP contribution in [0.5, 0.6) is 5.75 Å². The lowest BCUT2D eigenvalue weighted by Gasteiger charge is -2.32. The standard InChI is InChI=1S/C26H46OS/c1-8-10-12-14-16-21-18-23(28-26(6,7)20-25(3,4)5)19-22(24(21)27)17-15-13-11-9-2/h18-19,27H,8-17,20H2,1-7H3. The number of hydrogen-bond acceptors (Lipinski definition) is 2. The second-order valence-electron chi connectivity index (χ2n) is 10.3. The maximum absolute atomic E-state index is 10.9. The summed E-state index contributed by atoms with van der Waals surface area (Å²) in [5.74, 6) is 0.575. The van der Waals surface area contributed by atoms with E-state index in [9.17, 15) is 5.11 Å². The molecule has 0 aromatic heterocycles. The third-order valence-electron chi connectivity index (χ3n) is 5.19. The lowest BCUT2D eigenvalue weighted by molar-refractivity contribution is 0.339. The number of rotatable bonds is 13. The molecule has 0 spiro atoms. The molecule has 0 aliphatic rings. The van der Waals surface area contributed by atoms with Gasteiger partial charge in [-0.2, -0.15) is 0 Å². The molecule has 162 valence electrons. The maximum Gasteiger partial charge on any atom is 0.122 e. The highest BCUT2D eigenvalue weighted by molar-refractivity contribution is 8.00. The number of hydrogen-bond donors (Lipinski definition) is 1. The first-order valence-corrected chi connectivity index (χ1v) is 12.4. The number of benzene rings is 1. The summed E-state index contributed by atoms with van der Waals surface area (Å²) < 4.78 is 0.189. The summed E-state index contributed by atoms with van der Waals surface area (Å²) in [6.45, 7) is 16.2. The number of thioether (sulfide) groups is 1. The molecule has 1 aromatic rings. The molecule has 0 radical (unpaired) electrons. The van der Waals surface area contributed by atoms with Gasteiger partial charge in [-0.15, -0.1) is 11.8 Å². The van der Waals surface area contributed by atoms with Crippen LogP contribution in [0.3, 0.4) is 0 Å². The molecular weight excluding hydrogens is 360 g/mol. The van der Waals surface area contributed by atoms with Crippen LogP contribution in [0.2, 0.25) is 0 Å².